The van der Waals surface area contributed by atoms with E-state index < -0.39 is 36.2 Å². The smallest absolute Gasteiger partial charge is 0.405 e. The van der Waals surface area contributed by atoms with Crippen LogP contribution in [0.25, 0.3) is 0 Å². The van der Waals surface area contributed by atoms with Crippen LogP contribution in [0.15, 0.2) is 0 Å². The normalized spacial score (nSPS) is 13.9. The molecular formula is C10H17F3N2O3. The molecule has 0 heterocycles. The Balaban J connectivity index is 4.41. The number of hydrogen-bond donors (Lipinski definition) is 3. The van der Waals surface area contributed by atoms with Crippen LogP contribution in [0.4, 0.5) is 18.0 Å². The van der Waals surface area contributed by atoms with Gasteiger partial charge >= 0.3 is 18.2 Å². The van der Waals surface area contributed by atoms with Crippen molar-refractivity contribution in [1.29, 1.82) is 0 Å². The SMILES string of the molecule is CC(C)(C)C(CC(=O)O)NC(=O)NCC(F)(F)F. The van der Waals surface area contributed by atoms with E-state index in [1.807, 2.05) is 0 Å². The minimum atomic E-state index is -4.50. The van der Waals surface area contributed by atoms with Gasteiger partial charge in [-0.2, -0.15) is 13.2 Å². The molecule has 1 atom stereocenters. The van der Waals surface area contributed by atoms with E-state index in [-0.39, 0.29) is 6.42 Å². The molecule has 0 aromatic heterocycles. The van der Waals surface area contributed by atoms with Crippen LogP contribution in [0.2, 0.25) is 0 Å². The third kappa shape index (κ3) is 7.75. The lowest BCUT2D eigenvalue weighted by Crippen LogP contribution is -2.50. The number of carbonyl (C=O) groups excluding carboxylic acids is 1. The van der Waals surface area contributed by atoms with Gasteiger partial charge in [0.05, 0.1) is 6.42 Å². The van der Waals surface area contributed by atoms with E-state index in [2.05, 4.69) is 5.32 Å². The summed E-state index contributed by atoms with van der Waals surface area (Å²) in [5.74, 6) is -1.13. The summed E-state index contributed by atoms with van der Waals surface area (Å²) >= 11 is 0. The molecule has 0 spiro atoms. The lowest BCUT2D eigenvalue weighted by Gasteiger charge is -2.30. The van der Waals surface area contributed by atoms with Crippen LogP contribution in [0.5, 0.6) is 0 Å². The largest absolute Gasteiger partial charge is 0.481 e. The number of alkyl halides is 3. The molecule has 0 aliphatic heterocycles. The zero-order valence-corrected chi connectivity index (χ0v) is 10.4. The molecule has 0 aliphatic rings. The third-order valence-electron chi connectivity index (χ3n) is 2.18. The monoisotopic (exact) mass is 270 g/mol. The first-order chi connectivity index (χ1) is 7.92. The van der Waals surface area contributed by atoms with E-state index in [0.29, 0.717) is 0 Å². The highest BCUT2D eigenvalue weighted by molar-refractivity contribution is 5.75. The Morgan fingerprint density at radius 3 is 2.06 bits per heavy atom. The van der Waals surface area contributed by atoms with Gasteiger partial charge < -0.3 is 15.7 Å². The molecule has 106 valence electrons. The third-order valence-corrected chi connectivity index (χ3v) is 2.18. The van der Waals surface area contributed by atoms with Crippen molar-refractivity contribution in [2.75, 3.05) is 6.54 Å². The number of hydrogen-bond acceptors (Lipinski definition) is 2. The fourth-order valence-corrected chi connectivity index (χ4v) is 1.14. The van der Waals surface area contributed by atoms with Crippen LogP contribution in [0.3, 0.4) is 0 Å². The Hall–Kier alpha value is -1.47. The number of amides is 2. The first-order valence-electron chi connectivity index (χ1n) is 5.25. The molecule has 0 bridgehead atoms. The van der Waals surface area contributed by atoms with Crippen LogP contribution in [0, 0.1) is 5.41 Å². The molecule has 0 saturated carbocycles. The topological polar surface area (TPSA) is 78.4 Å². The molecule has 0 rings (SSSR count). The van der Waals surface area contributed by atoms with E-state index in [0.717, 1.165) is 0 Å². The summed E-state index contributed by atoms with van der Waals surface area (Å²) in [4.78, 5) is 21.8. The molecule has 3 N–H and O–H groups in total. The van der Waals surface area contributed by atoms with Gasteiger partial charge in [-0.25, -0.2) is 4.79 Å². The molecule has 0 saturated heterocycles. The molecule has 0 fully saturated rings. The van der Waals surface area contributed by atoms with Crippen LogP contribution in [-0.2, 0) is 4.79 Å². The second-order valence-corrected chi connectivity index (χ2v) is 4.96. The Bertz CT molecular complexity index is 310. The van der Waals surface area contributed by atoms with Crippen molar-refractivity contribution >= 4 is 12.0 Å². The van der Waals surface area contributed by atoms with Crippen molar-refractivity contribution < 1.29 is 27.9 Å². The predicted molar refractivity (Wildman–Crippen MR) is 58.1 cm³/mol. The summed E-state index contributed by atoms with van der Waals surface area (Å²) in [7, 11) is 0. The van der Waals surface area contributed by atoms with Crippen molar-refractivity contribution in [1.82, 2.24) is 10.6 Å². The molecular weight excluding hydrogens is 253 g/mol. The van der Waals surface area contributed by atoms with E-state index in [1.165, 1.54) is 0 Å². The molecule has 2 amide bonds. The van der Waals surface area contributed by atoms with Crippen LogP contribution < -0.4 is 10.6 Å². The zero-order chi connectivity index (χ0) is 14.6. The van der Waals surface area contributed by atoms with Gasteiger partial charge in [-0.05, 0) is 5.41 Å². The number of carboxylic acids is 1. The van der Waals surface area contributed by atoms with Gasteiger partial charge in [0.25, 0.3) is 0 Å². The average molecular weight is 270 g/mol. The van der Waals surface area contributed by atoms with E-state index in [4.69, 9.17) is 5.11 Å². The number of rotatable bonds is 4. The highest BCUT2D eigenvalue weighted by Crippen LogP contribution is 2.21. The van der Waals surface area contributed by atoms with E-state index in [1.54, 1.807) is 26.1 Å². The number of nitrogens with one attached hydrogen (secondary N) is 2. The predicted octanol–water partition coefficient (Wildman–Crippen LogP) is 1.74. The van der Waals surface area contributed by atoms with Crippen molar-refractivity contribution in [3.8, 4) is 0 Å². The minimum absolute atomic E-state index is 0.358. The molecule has 0 aliphatic carbocycles. The first-order valence-corrected chi connectivity index (χ1v) is 5.25. The van der Waals surface area contributed by atoms with Crippen LogP contribution in [0.1, 0.15) is 27.2 Å². The van der Waals surface area contributed by atoms with Gasteiger partial charge in [0, 0.05) is 6.04 Å². The summed E-state index contributed by atoms with van der Waals surface area (Å²) in [6.45, 7) is 3.60. The summed E-state index contributed by atoms with van der Waals surface area (Å²) in [5, 5.41) is 12.5. The number of aliphatic carboxylic acids is 1. The summed E-state index contributed by atoms with van der Waals surface area (Å²) in [5.41, 5.74) is -0.575. The molecule has 5 nitrogen and oxygen atoms in total. The highest BCUT2D eigenvalue weighted by atomic mass is 19.4. The maximum Gasteiger partial charge on any atom is 0.405 e. The maximum atomic E-state index is 11.9. The van der Waals surface area contributed by atoms with Crippen molar-refractivity contribution in [2.45, 2.75) is 39.4 Å². The van der Waals surface area contributed by atoms with Crippen LogP contribution >= 0.6 is 0 Å². The Labute approximate surface area is 103 Å². The Kier molecular flexibility index (Phi) is 5.44. The molecule has 0 radical (unpaired) electrons. The fourth-order valence-electron chi connectivity index (χ4n) is 1.14. The molecule has 0 aromatic rings. The lowest BCUT2D eigenvalue weighted by molar-refractivity contribution is -0.138. The second-order valence-electron chi connectivity index (χ2n) is 4.96. The number of carboxylic acid groups (broad SMARTS) is 1. The quantitative estimate of drug-likeness (QED) is 0.728. The number of urea groups is 1. The number of halogens is 3. The van der Waals surface area contributed by atoms with Crippen LogP contribution in [-0.4, -0.2) is 35.9 Å². The van der Waals surface area contributed by atoms with Gasteiger partial charge in [-0.15, -0.1) is 0 Å². The van der Waals surface area contributed by atoms with Gasteiger partial charge in [0.1, 0.15) is 6.54 Å². The zero-order valence-electron chi connectivity index (χ0n) is 10.4. The Morgan fingerprint density at radius 2 is 1.72 bits per heavy atom. The molecule has 0 aromatic carbocycles. The lowest BCUT2D eigenvalue weighted by atomic mass is 9.85. The van der Waals surface area contributed by atoms with E-state index >= 15 is 0 Å². The summed E-state index contributed by atoms with van der Waals surface area (Å²) in [6.07, 6.45) is -4.86. The van der Waals surface area contributed by atoms with Gasteiger partial charge in [0.2, 0.25) is 0 Å². The molecule has 18 heavy (non-hydrogen) atoms. The van der Waals surface area contributed by atoms with Crippen molar-refractivity contribution in [2.24, 2.45) is 5.41 Å². The van der Waals surface area contributed by atoms with Gasteiger partial charge in [0.15, 0.2) is 0 Å². The molecule has 8 heteroatoms. The van der Waals surface area contributed by atoms with E-state index in [9.17, 15) is 22.8 Å². The van der Waals surface area contributed by atoms with Crippen molar-refractivity contribution in [3.63, 3.8) is 0 Å². The maximum absolute atomic E-state index is 11.9. The van der Waals surface area contributed by atoms with Gasteiger partial charge in [-0.1, -0.05) is 20.8 Å². The summed E-state index contributed by atoms with van der Waals surface area (Å²) < 4.78 is 35.6. The fraction of sp³-hybridized carbons (Fsp3) is 0.800. The Morgan fingerprint density at radius 1 is 1.22 bits per heavy atom. The number of carbonyl (C=O) groups is 2. The van der Waals surface area contributed by atoms with Crippen molar-refractivity contribution in [3.05, 3.63) is 0 Å². The molecule has 1 unspecified atom stereocenters. The van der Waals surface area contributed by atoms with Gasteiger partial charge in [-0.3, -0.25) is 4.79 Å². The first kappa shape index (κ1) is 16.5. The minimum Gasteiger partial charge on any atom is -0.481 e. The summed E-state index contributed by atoms with van der Waals surface area (Å²) in [6, 6.07) is -1.79. The average Bonchev–Trinajstić information content (AvgIpc) is 2.10. The second kappa shape index (κ2) is 5.92. The standard InChI is InChI=1S/C10H17F3N2O3/c1-9(2,3)6(4-7(16)17)15-8(18)14-5-10(11,12)13/h6H,4-5H2,1-3H3,(H,16,17)(H2,14,15,18). The highest BCUT2D eigenvalue weighted by Gasteiger charge is 2.31.